The van der Waals surface area contributed by atoms with Gasteiger partial charge in [0, 0.05) is 19.8 Å². The highest BCUT2D eigenvalue weighted by atomic mass is 28.4. The van der Waals surface area contributed by atoms with Crippen molar-refractivity contribution in [2.45, 2.75) is 89.4 Å². The first-order chi connectivity index (χ1) is 21.1. The molecule has 4 aromatic rings. The Morgan fingerprint density at radius 3 is 2.30 bits per heavy atom. The smallest absolute Gasteiger partial charge is 0.280 e. The molecule has 11 heteroatoms. The van der Waals surface area contributed by atoms with Crippen LogP contribution in [0.4, 0.5) is 5.95 Å². The molecule has 2 aromatic heterocycles. The van der Waals surface area contributed by atoms with Gasteiger partial charge < -0.3 is 13.9 Å². The molecule has 1 spiro atoms. The summed E-state index contributed by atoms with van der Waals surface area (Å²) < 4.78 is 22.6. The van der Waals surface area contributed by atoms with Gasteiger partial charge in [-0.25, -0.2) is 4.98 Å². The van der Waals surface area contributed by atoms with E-state index in [1.807, 2.05) is 0 Å². The molecule has 0 aliphatic carbocycles. The van der Waals surface area contributed by atoms with Crippen molar-refractivity contribution in [2.24, 2.45) is 0 Å². The van der Waals surface area contributed by atoms with Crippen LogP contribution >= 0.6 is 0 Å². The molecule has 3 atom stereocenters. The summed E-state index contributed by atoms with van der Waals surface area (Å²) in [6, 6.07) is 21.3. The van der Waals surface area contributed by atoms with Crippen LogP contribution in [-0.4, -0.2) is 52.2 Å². The predicted molar refractivity (Wildman–Crippen MR) is 171 cm³/mol. The van der Waals surface area contributed by atoms with E-state index in [-0.39, 0.29) is 28.5 Å². The standard InChI is InChI=1S/C33H41N5O5Si/c1-23(39)35-31-36-29-28(30(40)37-31)34-22-38(29)27-18-12-20-33(43-27)19-11-13-24(42-33)21-41-44(32(2,3)4,25-14-7-5-8-15-25)26-16-9-6-10-17-26/h5-10,14-17,22,24,27H,11-13,18-21H2,1-4H3,(H2,35,36,37,39,40)/t24-,27+,33-/m0/s1. The zero-order valence-corrected chi connectivity index (χ0v) is 26.8. The molecule has 6 rings (SSSR count). The molecule has 4 heterocycles. The maximum atomic E-state index is 12.6. The molecule has 0 unspecified atom stereocenters. The second-order valence-electron chi connectivity index (χ2n) is 12.9. The number of hydrogen-bond acceptors (Lipinski definition) is 7. The number of benzene rings is 2. The fourth-order valence-electron chi connectivity index (χ4n) is 6.86. The van der Waals surface area contributed by atoms with E-state index in [2.05, 4.69) is 102 Å². The summed E-state index contributed by atoms with van der Waals surface area (Å²) in [7, 11) is -2.71. The Kier molecular flexibility index (Phi) is 8.31. The van der Waals surface area contributed by atoms with E-state index in [1.54, 1.807) is 10.9 Å². The Balaban J connectivity index is 1.25. The number of anilines is 1. The molecule has 2 aromatic carbocycles. The van der Waals surface area contributed by atoms with Gasteiger partial charge in [0.25, 0.3) is 13.9 Å². The third-order valence-electron chi connectivity index (χ3n) is 8.76. The van der Waals surface area contributed by atoms with Crippen LogP contribution in [-0.2, 0) is 18.7 Å². The minimum Gasteiger partial charge on any atom is -0.405 e. The molecule has 2 aliphatic heterocycles. The van der Waals surface area contributed by atoms with E-state index in [0.29, 0.717) is 12.3 Å². The number of carbonyl (C=O) groups is 1. The number of rotatable bonds is 7. The number of ether oxygens (including phenoxy) is 2. The number of nitrogens with zero attached hydrogens (tertiary/aromatic N) is 3. The van der Waals surface area contributed by atoms with E-state index in [9.17, 15) is 9.59 Å². The molecular formula is C33H41N5O5Si. The first kappa shape index (κ1) is 30.4. The minimum atomic E-state index is -2.71. The van der Waals surface area contributed by atoms with Gasteiger partial charge in [0.2, 0.25) is 11.9 Å². The van der Waals surface area contributed by atoms with Crippen LogP contribution in [0.25, 0.3) is 11.2 Å². The molecule has 44 heavy (non-hydrogen) atoms. The molecule has 10 nitrogen and oxygen atoms in total. The number of aromatic amines is 1. The highest BCUT2D eigenvalue weighted by Crippen LogP contribution is 2.43. The summed E-state index contributed by atoms with van der Waals surface area (Å²) in [5.41, 5.74) is 0.142. The van der Waals surface area contributed by atoms with Crippen LogP contribution in [0.2, 0.25) is 5.04 Å². The van der Waals surface area contributed by atoms with Gasteiger partial charge >= 0.3 is 0 Å². The normalized spacial score (nSPS) is 22.7. The van der Waals surface area contributed by atoms with Crippen LogP contribution in [0.3, 0.4) is 0 Å². The van der Waals surface area contributed by atoms with Crippen molar-refractivity contribution in [2.75, 3.05) is 11.9 Å². The highest BCUT2D eigenvalue weighted by Gasteiger charge is 2.51. The fraction of sp³-hybridized carbons (Fsp3) is 0.455. The topological polar surface area (TPSA) is 120 Å². The lowest BCUT2D eigenvalue weighted by molar-refractivity contribution is -0.329. The molecule has 0 radical (unpaired) electrons. The lowest BCUT2D eigenvalue weighted by Gasteiger charge is -2.47. The summed E-state index contributed by atoms with van der Waals surface area (Å²) >= 11 is 0. The lowest BCUT2D eigenvalue weighted by Crippen LogP contribution is -2.67. The first-order valence-corrected chi connectivity index (χ1v) is 17.4. The van der Waals surface area contributed by atoms with Crippen molar-refractivity contribution in [3.05, 3.63) is 77.3 Å². The quantitative estimate of drug-likeness (QED) is 0.291. The molecule has 2 fully saturated rings. The third-order valence-corrected chi connectivity index (χ3v) is 13.8. The fourth-order valence-corrected chi connectivity index (χ4v) is 11.4. The van der Waals surface area contributed by atoms with E-state index in [1.165, 1.54) is 17.3 Å². The van der Waals surface area contributed by atoms with Gasteiger partial charge in [-0.1, -0.05) is 81.4 Å². The summed E-state index contributed by atoms with van der Waals surface area (Å²) in [4.78, 5) is 35.6. The molecule has 2 N–H and O–H groups in total. The number of carbonyl (C=O) groups excluding carboxylic acids is 1. The third kappa shape index (κ3) is 5.77. The molecule has 0 bridgehead atoms. The van der Waals surface area contributed by atoms with Crippen molar-refractivity contribution >= 4 is 41.7 Å². The van der Waals surface area contributed by atoms with E-state index >= 15 is 0 Å². The van der Waals surface area contributed by atoms with Crippen molar-refractivity contribution in [1.82, 2.24) is 19.5 Å². The Morgan fingerprint density at radius 2 is 1.68 bits per heavy atom. The number of nitrogens with one attached hydrogen (secondary N) is 2. The van der Waals surface area contributed by atoms with Crippen LogP contribution in [0, 0.1) is 0 Å². The van der Waals surface area contributed by atoms with Crippen LogP contribution in [0.1, 0.15) is 72.4 Å². The second-order valence-corrected chi connectivity index (χ2v) is 17.2. The van der Waals surface area contributed by atoms with E-state index < -0.39 is 25.9 Å². The highest BCUT2D eigenvalue weighted by molar-refractivity contribution is 6.99. The minimum absolute atomic E-state index is 0.0803. The van der Waals surface area contributed by atoms with Crippen molar-refractivity contribution < 1.29 is 18.7 Å². The van der Waals surface area contributed by atoms with Gasteiger partial charge in [-0.2, -0.15) is 4.98 Å². The Morgan fingerprint density at radius 1 is 1.05 bits per heavy atom. The summed E-state index contributed by atoms with van der Waals surface area (Å²) in [6.07, 6.45) is 6.04. The molecule has 0 saturated carbocycles. The van der Waals surface area contributed by atoms with Gasteiger partial charge in [0.05, 0.1) is 19.0 Å². The van der Waals surface area contributed by atoms with E-state index in [4.69, 9.17) is 13.9 Å². The predicted octanol–water partition coefficient (Wildman–Crippen LogP) is 4.62. The van der Waals surface area contributed by atoms with Crippen LogP contribution in [0.5, 0.6) is 0 Å². The number of aromatic nitrogens is 4. The zero-order valence-electron chi connectivity index (χ0n) is 25.8. The average Bonchev–Trinajstić information content (AvgIpc) is 3.42. The van der Waals surface area contributed by atoms with Crippen LogP contribution in [0.15, 0.2) is 71.8 Å². The molecule has 2 saturated heterocycles. The number of hydrogen-bond donors (Lipinski definition) is 2. The maximum Gasteiger partial charge on any atom is 0.280 e. The molecular weight excluding hydrogens is 574 g/mol. The Labute approximate surface area is 258 Å². The largest absolute Gasteiger partial charge is 0.405 e. The average molecular weight is 616 g/mol. The summed E-state index contributed by atoms with van der Waals surface area (Å²) in [5.74, 6) is -1.01. The van der Waals surface area contributed by atoms with Crippen molar-refractivity contribution in [3.63, 3.8) is 0 Å². The van der Waals surface area contributed by atoms with Gasteiger partial charge in [0.1, 0.15) is 6.23 Å². The van der Waals surface area contributed by atoms with Gasteiger partial charge in [-0.05, 0) is 41.1 Å². The Bertz CT molecular complexity index is 1630. The van der Waals surface area contributed by atoms with E-state index in [0.717, 1.165) is 38.5 Å². The van der Waals surface area contributed by atoms with Crippen molar-refractivity contribution in [1.29, 1.82) is 0 Å². The molecule has 2 aliphatic rings. The van der Waals surface area contributed by atoms with Gasteiger partial charge in [-0.3, -0.25) is 24.5 Å². The Hall–Kier alpha value is -3.64. The van der Waals surface area contributed by atoms with Crippen LogP contribution < -0.4 is 21.2 Å². The summed E-state index contributed by atoms with van der Waals surface area (Å²) in [5, 5.41) is 4.91. The lowest BCUT2D eigenvalue weighted by atomic mass is 9.94. The number of fused-ring (bicyclic) bond motifs is 1. The molecule has 232 valence electrons. The number of amides is 1. The monoisotopic (exact) mass is 615 g/mol. The zero-order chi connectivity index (χ0) is 31.0. The maximum absolute atomic E-state index is 12.6. The number of imidazole rings is 1. The second kappa shape index (κ2) is 12.0. The summed E-state index contributed by atoms with van der Waals surface area (Å²) in [6.45, 7) is 8.67. The first-order valence-electron chi connectivity index (χ1n) is 15.5. The SMILES string of the molecule is CC(=O)Nc1nc2c(ncn2[C@H]2CCC[C@]3(CCC[C@@H](CO[Si](c4ccccc4)(c4ccccc4)C(C)(C)C)O3)O2)c(=O)[nH]1. The molecule has 1 amide bonds. The number of H-pyrrole nitrogens is 1. The van der Waals surface area contributed by atoms with Gasteiger partial charge in [-0.15, -0.1) is 0 Å². The van der Waals surface area contributed by atoms with Gasteiger partial charge in [0.15, 0.2) is 17.0 Å². The van der Waals surface area contributed by atoms with Crippen molar-refractivity contribution in [3.8, 4) is 0 Å².